The van der Waals surface area contributed by atoms with Gasteiger partial charge in [0.25, 0.3) is 5.91 Å². The molecule has 0 unspecified atom stereocenters. The molecule has 1 heterocycles. The van der Waals surface area contributed by atoms with Gasteiger partial charge in [0.2, 0.25) is 0 Å². The monoisotopic (exact) mass is 220 g/mol. The number of pyridine rings is 1. The van der Waals surface area contributed by atoms with Crippen LogP contribution in [0.5, 0.6) is 5.75 Å². The van der Waals surface area contributed by atoms with Crippen LogP contribution in [0.3, 0.4) is 0 Å². The lowest BCUT2D eigenvalue weighted by atomic mass is 10.2. The molecule has 16 heavy (non-hydrogen) atoms. The summed E-state index contributed by atoms with van der Waals surface area (Å²) in [7, 11) is 1.53. The quantitative estimate of drug-likeness (QED) is 0.762. The summed E-state index contributed by atoms with van der Waals surface area (Å²) in [5, 5.41) is 2.50. The van der Waals surface area contributed by atoms with Crippen LogP contribution < -0.4 is 10.1 Å². The summed E-state index contributed by atoms with van der Waals surface area (Å²) < 4.78 is 5.54. The zero-order chi connectivity index (χ0) is 11.5. The van der Waals surface area contributed by atoms with Crippen LogP contribution in [-0.4, -0.2) is 30.3 Å². The molecule has 1 aliphatic rings. The van der Waals surface area contributed by atoms with Gasteiger partial charge >= 0.3 is 0 Å². The number of hydrogen-bond donors (Lipinski definition) is 1. The molecule has 0 saturated heterocycles. The summed E-state index contributed by atoms with van der Waals surface area (Å²) in [6.07, 6.45) is 4.22. The average molecular weight is 220 g/mol. The van der Waals surface area contributed by atoms with E-state index in [0.717, 1.165) is 12.8 Å². The predicted molar refractivity (Wildman–Crippen MR) is 56.7 cm³/mol. The van der Waals surface area contributed by atoms with Crippen molar-refractivity contribution in [1.29, 1.82) is 0 Å². The van der Waals surface area contributed by atoms with E-state index in [-0.39, 0.29) is 17.7 Å². The number of carbonyl (C=O) groups is 2. The molecule has 5 nitrogen and oxygen atoms in total. The van der Waals surface area contributed by atoms with E-state index in [9.17, 15) is 9.59 Å². The first kappa shape index (κ1) is 10.6. The number of nitrogens with zero attached hydrogens (tertiary/aromatic N) is 1. The maximum atomic E-state index is 11.6. The highest BCUT2D eigenvalue weighted by molar-refractivity contribution is 5.97. The summed E-state index contributed by atoms with van der Waals surface area (Å²) in [4.78, 5) is 26.0. The highest BCUT2D eigenvalue weighted by Crippen LogP contribution is 2.28. The van der Waals surface area contributed by atoms with Gasteiger partial charge in [-0.25, -0.2) is 4.98 Å². The Hall–Kier alpha value is -1.91. The van der Waals surface area contributed by atoms with Crippen LogP contribution in [0, 0.1) is 0 Å². The molecule has 0 aliphatic heterocycles. The van der Waals surface area contributed by atoms with Crippen molar-refractivity contribution in [2.45, 2.75) is 18.9 Å². The fraction of sp³-hybridized carbons (Fsp3) is 0.364. The van der Waals surface area contributed by atoms with Crippen molar-refractivity contribution in [3.63, 3.8) is 0 Å². The highest BCUT2D eigenvalue weighted by Gasteiger charge is 2.26. The summed E-state index contributed by atoms with van der Waals surface area (Å²) in [5.41, 5.74) is 0.577. The Bertz CT molecular complexity index is 427. The molecule has 5 heteroatoms. The van der Waals surface area contributed by atoms with Gasteiger partial charge in [0, 0.05) is 7.05 Å². The van der Waals surface area contributed by atoms with E-state index in [1.165, 1.54) is 19.3 Å². The van der Waals surface area contributed by atoms with Crippen LogP contribution in [-0.2, 0) is 0 Å². The third-order valence-electron chi connectivity index (χ3n) is 2.30. The maximum absolute atomic E-state index is 11.6. The van der Waals surface area contributed by atoms with Gasteiger partial charge < -0.3 is 10.1 Å². The largest absolute Gasteiger partial charge is 0.488 e. The van der Waals surface area contributed by atoms with E-state index < -0.39 is 0 Å². The number of aldehydes is 1. The highest BCUT2D eigenvalue weighted by atomic mass is 16.5. The van der Waals surface area contributed by atoms with Crippen LogP contribution in [0.1, 0.15) is 33.7 Å². The second-order valence-electron chi connectivity index (χ2n) is 3.62. The van der Waals surface area contributed by atoms with Crippen molar-refractivity contribution in [2.75, 3.05) is 7.05 Å². The van der Waals surface area contributed by atoms with E-state index >= 15 is 0 Å². The van der Waals surface area contributed by atoms with Crippen LogP contribution in [0.25, 0.3) is 0 Å². The van der Waals surface area contributed by atoms with E-state index in [1.54, 1.807) is 0 Å². The maximum Gasteiger partial charge on any atom is 0.254 e. The van der Waals surface area contributed by atoms with Crippen molar-refractivity contribution < 1.29 is 14.3 Å². The second-order valence-corrected chi connectivity index (χ2v) is 3.62. The Morgan fingerprint density at radius 2 is 2.38 bits per heavy atom. The molecule has 1 aliphatic carbocycles. The molecular formula is C11H12N2O3. The zero-order valence-electron chi connectivity index (χ0n) is 8.90. The van der Waals surface area contributed by atoms with Crippen molar-refractivity contribution in [2.24, 2.45) is 0 Å². The number of hydrogen-bond acceptors (Lipinski definition) is 4. The fourth-order valence-electron chi connectivity index (χ4n) is 1.29. The Morgan fingerprint density at radius 1 is 1.62 bits per heavy atom. The van der Waals surface area contributed by atoms with E-state index in [2.05, 4.69) is 10.3 Å². The molecule has 1 fully saturated rings. The van der Waals surface area contributed by atoms with E-state index in [1.807, 2.05) is 0 Å². The summed E-state index contributed by atoms with van der Waals surface area (Å²) in [5.74, 6) is 0.161. The Morgan fingerprint density at radius 3 is 2.94 bits per heavy atom. The van der Waals surface area contributed by atoms with Crippen LogP contribution in [0.15, 0.2) is 12.3 Å². The molecule has 0 radical (unpaired) electrons. The van der Waals surface area contributed by atoms with Gasteiger partial charge in [-0.1, -0.05) is 0 Å². The Kier molecular flexibility index (Phi) is 2.85. The summed E-state index contributed by atoms with van der Waals surface area (Å²) in [6, 6.07) is 1.43. The first-order valence-electron chi connectivity index (χ1n) is 5.08. The molecule has 2 rings (SSSR count). The number of rotatable bonds is 4. The van der Waals surface area contributed by atoms with Crippen molar-refractivity contribution in [3.05, 3.63) is 23.5 Å². The zero-order valence-corrected chi connectivity index (χ0v) is 8.90. The van der Waals surface area contributed by atoms with Crippen molar-refractivity contribution in [1.82, 2.24) is 10.3 Å². The summed E-state index contributed by atoms with van der Waals surface area (Å²) in [6.45, 7) is 0. The normalized spacial score (nSPS) is 14.3. The van der Waals surface area contributed by atoms with E-state index in [4.69, 9.17) is 4.74 Å². The molecule has 1 amide bonds. The second kappa shape index (κ2) is 4.30. The molecule has 1 aromatic rings. The van der Waals surface area contributed by atoms with Gasteiger partial charge in [0.1, 0.15) is 5.69 Å². The lowest BCUT2D eigenvalue weighted by Crippen LogP contribution is -2.19. The average Bonchev–Trinajstić information content (AvgIpc) is 3.12. The lowest BCUT2D eigenvalue weighted by Gasteiger charge is -2.09. The van der Waals surface area contributed by atoms with Crippen LogP contribution in [0.2, 0.25) is 0 Å². The smallest absolute Gasteiger partial charge is 0.254 e. The van der Waals surface area contributed by atoms with Crippen molar-refractivity contribution >= 4 is 12.2 Å². The minimum Gasteiger partial charge on any atom is -0.488 e. The molecule has 1 N–H and O–H groups in total. The van der Waals surface area contributed by atoms with Crippen LogP contribution >= 0.6 is 0 Å². The van der Waals surface area contributed by atoms with Gasteiger partial charge in [-0.3, -0.25) is 9.59 Å². The topological polar surface area (TPSA) is 68.3 Å². The van der Waals surface area contributed by atoms with Gasteiger partial charge in [-0.05, 0) is 18.9 Å². The molecule has 0 aromatic carbocycles. The Balaban J connectivity index is 2.33. The number of aromatic nitrogens is 1. The standard InChI is InChI=1S/C11H12N2O3/c1-12-11(15)9-4-7(6-14)13-5-10(9)16-8-2-3-8/h4-6,8H,2-3H2,1H3,(H,12,15). The number of carbonyl (C=O) groups excluding carboxylic acids is 2. The van der Waals surface area contributed by atoms with E-state index in [0.29, 0.717) is 17.6 Å². The fourth-order valence-corrected chi connectivity index (χ4v) is 1.29. The SMILES string of the molecule is CNC(=O)c1cc(C=O)ncc1OC1CC1. The number of ether oxygens (including phenoxy) is 1. The molecule has 84 valence electrons. The van der Waals surface area contributed by atoms with Crippen LogP contribution in [0.4, 0.5) is 0 Å². The molecule has 1 aromatic heterocycles. The third-order valence-corrected chi connectivity index (χ3v) is 2.30. The molecular weight excluding hydrogens is 208 g/mol. The molecule has 0 atom stereocenters. The first-order chi connectivity index (χ1) is 7.74. The first-order valence-corrected chi connectivity index (χ1v) is 5.08. The number of amides is 1. The van der Waals surface area contributed by atoms with Gasteiger partial charge in [0.05, 0.1) is 17.9 Å². The minimum atomic E-state index is -0.277. The predicted octanol–water partition coefficient (Wildman–Crippen LogP) is 0.795. The molecule has 1 saturated carbocycles. The Labute approximate surface area is 92.8 Å². The minimum absolute atomic E-state index is 0.187. The van der Waals surface area contributed by atoms with Crippen molar-refractivity contribution in [3.8, 4) is 5.75 Å². The summed E-state index contributed by atoms with van der Waals surface area (Å²) >= 11 is 0. The molecule has 0 bridgehead atoms. The van der Waals surface area contributed by atoms with Gasteiger partial charge in [-0.2, -0.15) is 0 Å². The third kappa shape index (κ3) is 2.18. The lowest BCUT2D eigenvalue weighted by molar-refractivity contribution is 0.0958. The van der Waals surface area contributed by atoms with Gasteiger partial charge in [0.15, 0.2) is 12.0 Å². The number of nitrogens with one attached hydrogen (secondary N) is 1. The molecule has 0 spiro atoms. The van der Waals surface area contributed by atoms with Gasteiger partial charge in [-0.15, -0.1) is 0 Å².